The molecule has 0 saturated carbocycles. The largest absolute Gasteiger partial charge is 2.00 e. The first-order chi connectivity index (χ1) is 19.1. The second-order valence-electron chi connectivity index (χ2n) is 10.1. The summed E-state index contributed by atoms with van der Waals surface area (Å²) in [4.78, 5) is -0.240. The molecule has 0 spiro atoms. The van der Waals surface area contributed by atoms with Crippen LogP contribution >= 0.6 is 0 Å². The van der Waals surface area contributed by atoms with Crippen molar-refractivity contribution >= 4 is 79.5 Å². The minimum atomic E-state index is -4.43. The van der Waals surface area contributed by atoms with Crippen molar-refractivity contribution in [2.45, 2.75) is 87.8 Å². The number of hydrogen-bond acceptors (Lipinski definition) is 6. The molecule has 0 atom stereocenters. The average Bonchev–Trinajstić information content (AvgIpc) is 2.92. The van der Waals surface area contributed by atoms with E-state index < -0.39 is 20.2 Å². The Morgan fingerprint density at radius 3 is 1.15 bits per heavy atom. The van der Waals surface area contributed by atoms with Gasteiger partial charge in [-0.3, -0.25) is 0 Å². The molecule has 4 aromatic rings. The van der Waals surface area contributed by atoms with Crippen molar-refractivity contribution in [2.24, 2.45) is 0 Å². The van der Waals surface area contributed by atoms with Crippen LogP contribution in [0, 0.1) is 0 Å². The predicted molar refractivity (Wildman–Crippen MR) is 165 cm³/mol. The van der Waals surface area contributed by atoms with E-state index in [0.717, 1.165) is 47.6 Å². The van der Waals surface area contributed by atoms with E-state index >= 15 is 0 Å². The first-order valence-corrected chi connectivity index (χ1v) is 16.8. The summed E-state index contributed by atoms with van der Waals surface area (Å²) in [5.74, 6) is 0. The molecule has 0 aliphatic carbocycles. The van der Waals surface area contributed by atoms with Crippen LogP contribution in [0.5, 0.6) is 0 Å². The number of rotatable bonds is 12. The molecule has 0 radical (unpaired) electrons. The minimum Gasteiger partial charge on any atom is -0.744 e. The summed E-state index contributed by atoms with van der Waals surface area (Å²) in [6.45, 7) is 4.34. The zero-order valence-corrected chi connectivity index (χ0v) is 27.8. The molecule has 6 nitrogen and oxygen atoms in total. The van der Waals surface area contributed by atoms with Crippen molar-refractivity contribution in [3.8, 4) is 0 Å². The molecule has 9 heteroatoms. The van der Waals surface area contributed by atoms with Gasteiger partial charge in [0.1, 0.15) is 20.2 Å². The molecule has 0 unspecified atom stereocenters. The Bertz CT molecular complexity index is 1510. The van der Waals surface area contributed by atoms with Crippen LogP contribution in [-0.4, -0.2) is 63.7 Å². The fourth-order valence-corrected chi connectivity index (χ4v) is 6.39. The summed E-state index contributed by atoms with van der Waals surface area (Å²) in [6.07, 6.45) is 11.2. The van der Waals surface area contributed by atoms with Crippen LogP contribution in [0.25, 0.3) is 21.5 Å². The third-order valence-corrected chi connectivity index (χ3v) is 8.88. The van der Waals surface area contributed by atoms with Crippen LogP contribution in [0.2, 0.25) is 0 Å². The first kappa shape index (κ1) is 35.7. The van der Waals surface area contributed by atoms with Crippen molar-refractivity contribution in [1.82, 2.24) is 0 Å². The predicted octanol–water partition coefficient (Wildman–Crippen LogP) is 7.35. The molecule has 0 bridgehead atoms. The molecule has 0 amide bonds. The topological polar surface area (TPSA) is 114 Å². The van der Waals surface area contributed by atoms with E-state index in [2.05, 4.69) is 13.8 Å². The fraction of sp³-hybridized carbons (Fsp3) is 0.375. The molecule has 0 N–H and O–H groups in total. The molecule has 216 valence electrons. The van der Waals surface area contributed by atoms with Gasteiger partial charge in [-0.2, -0.15) is 0 Å². The van der Waals surface area contributed by atoms with Crippen LogP contribution in [0.1, 0.15) is 76.3 Å². The second-order valence-corrected chi connectivity index (χ2v) is 12.8. The van der Waals surface area contributed by atoms with Gasteiger partial charge < -0.3 is 9.11 Å². The van der Waals surface area contributed by atoms with E-state index in [1.165, 1.54) is 50.7 Å². The Morgan fingerprint density at radius 1 is 0.488 bits per heavy atom. The number of aryl methyl sites for hydroxylation is 2. The molecule has 0 aromatic heterocycles. The molecular weight excluding hydrogens is 585 g/mol. The van der Waals surface area contributed by atoms with Gasteiger partial charge in [0.25, 0.3) is 0 Å². The van der Waals surface area contributed by atoms with Gasteiger partial charge >= 0.3 is 37.7 Å². The van der Waals surface area contributed by atoms with Crippen LogP contribution in [0.3, 0.4) is 0 Å². The zero-order chi connectivity index (χ0) is 29.2. The van der Waals surface area contributed by atoms with Crippen molar-refractivity contribution in [3.05, 3.63) is 83.9 Å². The van der Waals surface area contributed by atoms with Gasteiger partial charge in [0, 0.05) is 0 Å². The molecule has 0 saturated heterocycles. The van der Waals surface area contributed by atoms with E-state index in [0.29, 0.717) is 10.8 Å². The van der Waals surface area contributed by atoms with Crippen molar-refractivity contribution in [2.75, 3.05) is 0 Å². The number of hydrogen-bond donors (Lipinski definition) is 0. The van der Waals surface area contributed by atoms with Crippen molar-refractivity contribution in [1.29, 1.82) is 0 Å². The Labute approximate surface area is 275 Å². The Hall–Kier alpha value is -1.52. The maximum Gasteiger partial charge on any atom is 2.00 e. The van der Waals surface area contributed by atoms with Crippen molar-refractivity contribution < 1.29 is 25.9 Å². The van der Waals surface area contributed by atoms with E-state index in [1.807, 2.05) is 24.3 Å². The molecule has 0 aliphatic rings. The summed E-state index contributed by atoms with van der Waals surface area (Å²) in [5.41, 5.74) is 2.23. The Kier molecular flexibility index (Phi) is 14.7. The van der Waals surface area contributed by atoms with Crippen LogP contribution in [-0.2, 0) is 33.1 Å². The number of unbranched alkanes of at least 4 members (excludes halogenated alkanes) is 6. The Balaban J connectivity index is 0.000000280. The SMILES string of the molecule is CCCCCCc1ccc(S(=O)(=O)[O-])c2ccccc12.CCCCCCc1ccc(S(=O)(=O)[O-])c2ccccc12.[Ca+2]. The summed E-state index contributed by atoms with van der Waals surface area (Å²) in [5, 5.41) is 2.83. The van der Waals surface area contributed by atoms with Crippen LogP contribution in [0.4, 0.5) is 0 Å². The first-order valence-electron chi connectivity index (χ1n) is 14.0. The van der Waals surface area contributed by atoms with Gasteiger partial charge in [-0.1, -0.05) is 113 Å². The summed E-state index contributed by atoms with van der Waals surface area (Å²) >= 11 is 0. The number of benzene rings is 4. The van der Waals surface area contributed by atoms with Gasteiger partial charge in [-0.05, 0) is 70.5 Å². The van der Waals surface area contributed by atoms with E-state index in [4.69, 9.17) is 0 Å². The monoisotopic (exact) mass is 622 g/mol. The van der Waals surface area contributed by atoms with E-state index in [9.17, 15) is 25.9 Å². The normalized spacial score (nSPS) is 11.6. The van der Waals surface area contributed by atoms with Crippen LogP contribution in [0.15, 0.2) is 82.6 Å². The molecule has 4 rings (SSSR count). The second kappa shape index (κ2) is 16.9. The van der Waals surface area contributed by atoms with Gasteiger partial charge in [-0.25, -0.2) is 16.8 Å². The molecule has 0 fully saturated rings. The van der Waals surface area contributed by atoms with Gasteiger partial charge in [0.2, 0.25) is 0 Å². The average molecular weight is 623 g/mol. The Morgan fingerprint density at radius 2 is 0.829 bits per heavy atom. The zero-order valence-electron chi connectivity index (χ0n) is 24.0. The van der Waals surface area contributed by atoms with Gasteiger partial charge in [-0.15, -0.1) is 0 Å². The quantitative estimate of drug-likeness (QED) is 0.0927. The maximum absolute atomic E-state index is 11.3. The molecular formula is C32H38CaO6S2. The summed E-state index contributed by atoms with van der Waals surface area (Å²) < 4.78 is 67.8. The third kappa shape index (κ3) is 10.3. The van der Waals surface area contributed by atoms with E-state index in [1.54, 1.807) is 36.4 Å². The van der Waals surface area contributed by atoms with E-state index in [-0.39, 0.29) is 47.5 Å². The summed E-state index contributed by atoms with van der Waals surface area (Å²) in [7, 11) is -8.85. The van der Waals surface area contributed by atoms with Gasteiger partial charge in [0.05, 0.1) is 9.79 Å². The van der Waals surface area contributed by atoms with Gasteiger partial charge in [0.15, 0.2) is 0 Å². The molecule has 4 aromatic carbocycles. The molecule has 0 heterocycles. The number of fused-ring (bicyclic) bond motifs is 2. The molecule has 41 heavy (non-hydrogen) atoms. The molecule has 0 aliphatic heterocycles. The third-order valence-electron chi connectivity index (χ3n) is 7.09. The summed E-state index contributed by atoms with van der Waals surface area (Å²) in [6, 6.07) is 20.9. The smallest absolute Gasteiger partial charge is 0.744 e. The van der Waals surface area contributed by atoms with Crippen LogP contribution < -0.4 is 0 Å². The minimum absolute atomic E-state index is 0. The van der Waals surface area contributed by atoms with Crippen molar-refractivity contribution in [3.63, 3.8) is 0 Å². The maximum atomic E-state index is 11.3. The fourth-order valence-electron chi connectivity index (χ4n) is 5.02. The standard InChI is InChI=1S/2C16H20O3S.Ca/c2*1-2-3-4-5-8-13-11-12-16(20(17,18)19)15-10-7-6-9-14(13)15;/h2*6-7,9-12H,2-5,8H2,1H3,(H,17,18,19);/q;;+2/p-2.